The molecule has 1 rings (SSSR count). The van der Waals surface area contributed by atoms with Gasteiger partial charge in [-0.1, -0.05) is 6.08 Å². The van der Waals surface area contributed by atoms with Gasteiger partial charge in [-0.3, -0.25) is 4.79 Å². The van der Waals surface area contributed by atoms with Gasteiger partial charge in [-0.2, -0.15) is 0 Å². The summed E-state index contributed by atoms with van der Waals surface area (Å²) in [7, 11) is 0. The standard InChI is InChI=1S/C9H13IO2/c1-7(11)12-9-6-4-2-3-5-8(9)10/h5,9H,2-4,6H2,1H3/t9-/m0/s1. The largest absolute Gasteiger partial charge is 0.457 e. The predicted octanol–water partition coefficient (Wildman–Crippen LogP) is 2.81. The third-order valence-electron chi connectivity index (χ3n) is 1.88. The highest BCUT2D eigenvalue weighted by Crippen LogP contribution is 2.25. The van der Waals surface area contributed by atoms with Gasteiger partial charge in [0.25, 0.3) is 0 Å². The Morgan fingerprint density at radius 1 is 1.67 bits per heavy atom. The zero-order valence-electron chi connectivity index (χ0n) is 7.18. The molecule has 0 aromatic carbocycles. The fraction of sp³-hybridized carbons (Fsp3) is 0.667. The quantitative estimate of drug-likeness (QED) is 0.545. The number of allylic oxidation sites excluding steroid dienone is 1. The van der Waals surface area contributed by atoms with Gasteiger partial charge in [0.15, 0.2) is 0 Å². The van der Waals surface area contributed by atoms with Crippen molar-refractivity contribution in [2.45, 2.75) is 38.7 Å². The van der Waals surface area contributed by atoms with Crippen LogP contribution in [-0.4, -0.2) is 12.1 Å². The van der Waals surface area contributed by atoms with Gasteiger partial charge in [0, 0.05) is 10.5 Å². The number of ether oxygens (including phenoxy) is 1. The highest BCUT2D eigenvalue weighted by Gasteiger charge is 2.16. The topological polar surface area (TPSA) is 26.3 Å². The minimum Gasteiger partial charge on any atom is -0.457 e. The monoisotopic (exact) mass is 280 g/mol. The zero-order chi connectivity index (χ0) is 8.97. The number of hydrogen-bond donors (Lipinski definition) is 0. The molecule has 0 aliphatic heterocycles. The SMILES string of the molecule is CC(=O)O[C@H]1CCCCC=C1I. The number of carbonyl (C=O) groups is 1. The van der Waals surface area contributed by atoms with Gasteiger partial charge < -0.3 is 4.74 Å². The van der Waals surface area contributed by atoms with Crippen LogP contribution in [-0.2, 0) is 9.53 Å². The second kappa shape index (κ2) is 4.84. The molecule has 0 aromatic rings. The van der Waals surface area contributed by atoms with Crippen LogP contribution in [0.5, 0.6) is 0 Å². The van der Waals surface area contributed by atoms with Gasteiger partial charge in [0.2, 0.25) is 0 Å². The van der Waals surface area contributed by atoms with Crippen LogP contribution in [0.25, 0.3) is 0 Å². The van der Waals surface area contributed by atoms with E-state index in [4.69, 9.17) is 4.74 Å². The maximum atomic E-state index is 10.7. The normalized spacial score (nSPS) is 24.2. The molecule has 0 heterocycles. The zero-order valence-corrected chi connectivity index (χ0v) is 9.34. The molecule has 0 saturated carbocycles. The van der Waals surface area contributed by atoms with E-state index >= 15 is 0 Å². The van der Waals surface area contributed by atoms with E-state index in [1.807, 2.05) is 0 Å². The summed E-state index contributed by atoms with van der Waals surface area (Å²) < 4.78 is 6.35. The summed E-state index contributed by atoms with van der Waals surface area (Å²) >= 11 is 2.26. The lowest BCUT2D eigenvalue weighted by molar-refractivity contribution is -0.144. The van der Waals surface area contributed by atoms with Gasteiger partial charge in [0.05, 0.1) is 0 Å². The molecule has 0 bridgehead atoms. The number of carbonyl (C=O) groups excluding carboxylic acids is 1. The third kappa shape index (κ3) is 3.13. The number of rotatable bonds is 1. The Balaban J connectivity index is 2.54. The molecule has 0 saturated heterocycles. The molecule has 68 valence electrons. The van der Waals surface area contributed by atoms with Crippen LogP contribution in [0.1, 0.15) is 32.6 Å². The van der Waals surface area contributed by atoms with E-state index in [1.54, 1.807) is 0 Å². The van der Waals surface area contributed by atoms with Crippen LogP contribution in [0, 0.1) is 0 Å². The molecule has 0 aromatic heterocycles. The molecule has 0 amide bonds. The Morgan fingerprint density at radius 3 is 3.08 bits per heavy atom. The lowest BCUT2D eigenvalue weighted by atomic mass is 10.2. The molecule has 1 aliphatic carbocycles. The van der Waals surface area contributed by atoms with Crippen molar-refractivity contribution >= 4 is 28.6 Å². The summed E-state index contributed by atoms with van der Waals surface area (Å²) in [4.78, 5) is 10.7. The van der Waals surface area contributed by atoms with Crippen molar-refractivity contribution < 1.29 is 9.53 Å². The molecule has 0 radical (unpaired) electrons. The summed E-state index contributed by atoms with van der Waals surface area (Å²) in [6.45, 7) is 1.47. The van der Waals surface area contributed by atoms with Crippen molar-refractivity contribution in [1.82, 2.24) is 0 Å². The average Bonchev–Trinajstić information content (AvgIpc) is 2.16. The smallest absolute Gasteiger partial charge is 0.303 e. The summed E-state index contributed by atoms with van der Waals surface area (Å²) in [5.74, 6) is -0.176. The highest BCUT2D eigenvalue weighted by molar-refractivity contribution is 14.1. The van der Waals surface area contributed by atoms with Crippen LogP contribution in [0.3, 0.4) is 0 Å². The van der Waals surface area contributed by atoms with Crippen LogP contribution < -0.4 is 0 Å². The number of esters is 1. The molecular weight excluding hydrogens is 267 g/mol. The minimum atomic E-state index is -0.176. The van der Waals surface area contributed by atoms with Crippen molar-refractivity contribution in [1.29, 1.82) is 0 Å². The van der Waals surface area contributed by atoms with Crippen molar-refractivity contribution in [2.75, 3.05) is 0 Å². The molecule has 1 atom stereocenters. The molecular formula is C9H13IO2. The summed E-state index contributed by atoms with van der Waals surface area (Å²) in [5.41, 5.74) is 0. The van der Waals surface area contributed by atoms with Gasteiger partial charge in [-0.15, -0.1) is 0 Å². The van der Waals surface area contributed by atoms with Crippen LogP contribution in [0.15, 0.2) is 9.66 Å². The van der Waals surface area contributed by atoms with Crippen molar-refractivity contribution in [3.8, 4) is 0 Å². The highest BCUT2D eigenvalue weighted by atomic mass is 127. The summed E-state index contributed by atoms with van der Waals surface area (Å²) in [6, 6.07) is 0. The second-order valence-electron chi connectivity index (χ2n) is 2.97. The Kier molecular flexibility index (Phi) is 4.05. The van der Waals surface area contributed by atoms with E-state index in [9.17, 15) is 4.79 Å². The molecule has 0 fully saturated rings. The van der Waals surface area contributed by atoms with Gasteiger partial charge in [0.1, 0.15) is 6.10 Å². The van der Waals surface area contributed by atoms with E-state index in [1.165, 1.54) is 16.9 Å². The van der Waals surface area contributed by atoms with Crippen molar-refractivity contribution in [2.24, 2.45) is 0 Å². The van der Waals surface area contributed by atoms with Crippen LogP contribution in [0.4, 0.5) is 0 Å². The lowest BCUT2D eigenvalue weighted by Crippen LogP contribution is -2.15. The Bertz CT molecular complexity index is 199. The molecule has 0 unspecified atom stereocenters. The Labute approximate surface area is 86.5 Å². The minimum absolute atomic E-state index is 0.0330. The maximum absolute atomic E-state index is 10.7. The first kappa shape index (κ1) is 10.0. The average molecular weight is 280 g/mol. The van der Waals surface area contributed by atoms with E-state index in [0.717, 1.165) is 19.3 Å². The molecule has 0 spiro atoms. The lowest BCUT2D eigenvalue weighted by Gasteiger charge is -2.14. The third-order valence-corrected chi connectivity index (χ3v) is 3.01. The maximum Gasteiger partial charge on any atom is 0.303 e. The molecule has 0 N–H and O–H groups in total. The predicted molar refractivity (Wildman–Crippen MR) is 56.1 cm³/mol. The number of hydrogen-bond acceptors (Lipinski definition) is 2. The van der Waals surface area contributed by atoms with E-state index in [2.05, 4.69) is 28.7 Å². The molecule has 3 heteroatoms. The number of halogens is 1. The first-order chi connectivity index (χ1) is 5.70. The van der Waals surface area contributed by atoms with Crippen LogP contribution in [0.2, 0.25) is 0 Å². The fourth-order valence-electron chi connectivity index (χ4n) is 1.30. The second-order valence-corrected chi connectivity index (χ2v) is 4.22. The molecule has 12 heavy (non-hydrogen) atoms. The van der Waals surface area contributed by atoms with Crippen molar-refractivity contribution in [3.05, 3.63) is 9.66 Å². The molecule has 1 aliphatic rings. The first-order valence-corrected chi connectivity index (χ1v) is 5.31. The van der Waals surface area contributed by atoms with E-state index < -0.39 is 0 Å². The summed E-state index contributed by atoms with van der Waals surface area (Å²) in [5, 5.41) is 0. The molecule has 2 nitrogen and oxygen atoms in total. The fourth-order valence-corrected chi connectivity index (χ4v) is 2.05. The van der Waals surface area contributed by atoms with Gasteiger partial charge in [-0.05, 0) is 48.3 Å². The van der Waals surface area contributed by atoms with Gasteiger partial charge >= 0.3 is 5.97 Å². The van der Waals surface area contributed by atoms with Crippen molar-refractivity contribution in [3.63, 3.8) is 0 Å². The van der Waals surface area contributed by atoms with E-state index in [-0.39, 0.29) is 12.1 Å². The Morgan fingerprint density at radius 2 is 2.42 bits per heavy atom. The van der Waals surface area contributed by atoms with E-state index in [0.29, 0.717) is 0 Å². The van der Waals surface area contributed by atoms with Gasteiger partial charge in [-0.25, -0.2) is 0 Å². The summed E-state index contributed by atoms with van der Waals surface area (Å²) in [6.07, 6.45) is 6.67. The Hall–Kier alpha value is -0.0600. The first-order valence-electron chi connectivity index (χ1n) is 4.23. The van der Waals surface area contributed by atoms with Crippen LogP contribution >= 0.6 is 22.6 Å².